The number of carboxylic acids is 1. The molecule has 0 saturated heterocycles. The monoisotopic (exact) mass is 367 g/mol. The molecule has 2 aromatic carbocycles. The van der Waals surface area contributed by atoms with Crippen molar-refractivity contribution in [3.8, 4) is 23.0 Å². The fraction of sp³-hybridized carbons (Fsp3) is 0.238. The molecule has 1 heterocycles. The summed E-state index contributed by atoms with van der Waals surface area (Å²) >= 11 is 0. The van der Waals surface area contributed by atoms with Crippen LogP contribution in [0.3, 0.4) is 0 Å². The third kappa shape index (κ3) is 4.67. The van der Waals surface area contributed by atoms with E-state index in [1.807, 2.05) is 31.2 Å². The summed E-state index contributed by atoms with van der Waals surface area (Å²) in [6.45, 7) is 2.24. The minimum atomic E-state index is -0.874. The average Bonchev–Trinajstić information content (AvgIpc) is 3.09. The average molecular weight is 367 g/mol. The molecule has 6 nitrogen and oxygen atoms in total. The summed E-state index contributed by atoms with van der Waals surface area (Å²) in [6.07, 6.45) is 0.657. The van der Waals surface area contributed by atoms with E-state index in [0.717, 1.165) is 22.8 Å². The van der Waals surface area contributed by atoms with E-state index in [0.29, 0.717) is 23.6 Å². The van der Waals surface area contributed by atoms with Crippen LogP contribution in [0, 0.1) is 0 Å². The van der Waals surface area contributed by atoms with Crippen LogP contribution in [0.25, 0.3) is 11.5 Å². The van der Waals surface area contributed by atoms with Crippen molar-refractivity contribution < 1.29 is 23.8 Å². The Bertz CT molecular complexity index is 915. The summed E-state index contributed by atoms with van der Waals surface area (Å²) in [5.74, 6) is 1.80. The number of methoxy groups -OCH3 is 1. The highest BCUT2D eigenvalue weighted by molar-refractivity contribution is 5.70. The first kappa shape index (κ1) is 18.5. The van der Waals surface area contributed by atoms with Gasteiger partial charge in [-0.05, 0) is 42.0 Å². The number of aryl methyl sites for hydroxylation is 1. The van der Waals surface area contributed by atoms with Gasteiger partial charge in [-0.3, -0.25) is 4.79 Å². The van der Waals surface area contributed by atoms with E-state index in [2.05, 4.69) is 4.98 Å². The molecule has 0 unspecified atom stereocenters. The number of aromatic nitrogens is 1. The number of nitrogens with zero attached hydrogens (tertiary/aromatic N) is 1. The largest absolute Gasteiger partial charge is 0.497 e. The fourth-order valence-electron chi connectivity index (χ4n) is 2.70. The predicted molar refractivity (Wildman–Crippen MR) is 100.0 cm³/mol. The molecular formula is C21H21NO5. The molecule has 1 aromatic heterocycles. The van der Waals surface area contributed by atoms with Gasteiger partial charge in [0, 0.05) is 12.0 Å². The van der Waals surface area contributed by atoms with Crippen molar-refractivity contribution in [3.05, 3.63) is 65.5 Å². The Kier molecular flexibility index (Phi) is 5.76. The SMILES string of the molecule is CCc1oc(-c2ccc(OC)cc2)nc1COc1cccc(CC(=O)O)c1. The molecule has 0 atom stereocenters. The second-order valence-electron chi connectivity index (χ2n) is 5.98. The number of hydrogen-bond acceptors (Lipinski definition) is 5. The maximum atomic E-state index is 10.8. The number of ether oxygens (including phenoxy) is 2. The third-order valence-corrected chi connectivity index (χ3v) is 4.07. The van der Waals surface area contributed by atoms with Crippen LogP contribution in [0.2, 0.25) is 0 Å². The van der Waals surface area contributed by atoms with Crippen LogP contribution in [0.1, 0.15) is 23.9 Å². The standard InChI is InChI=1S/C21H21NO5/c1-3-19-18(13-26-17-6-4-5-14(11-17)12-20(23)24)22-21(27-19)15-7-9-16(25-2)10-8-15/h4-11H,3,12-13H2,1-2H3,(H,23,24). The van der Waals surface area contributed by atoms with Crippen LogP contribution in [0.5, 0.6) is 11.5 Å². The minimum absolute atomic E-state index is 0.0387. The van der Waals surface area contributed by atoms with Crippen LogP contribution in [0.15, 0.2) is 52.9 Å². The van der Waals surface area contributed by atoms with Crippen molar-refractivity contribution in [2.24, 2.45) is 0 Å². The molecule has 27 heavy (non-hydrogen) atoms. The van der Waals surface area contributed by atoms with Crippen molar-refractivity contribution in [2.45, 2.75) is 26.4 Å². The number of hydrogen-bond donors (Lipinski definition) is 1. The molecule has 0 bridgehead atoms. The summed E-state index contributed by atoms with van der Waals surface area (Å²) in [6, 6.07) is 14.6. The summed E-state index contributed by atoms with van der Waals surface area (Å²) in [5, 5.41) is 8.91. The van der Waals surface area contributed by atoms with E-state index in [1.165, 1.54) is 0 Å². The predicted octanol–water partition coefficient (Wildman–Crippen LogP) is 4.12. The maximum absolute atomic E-state index is 10.8. The van der Waals surface area contributed by atoms with Crippen molar-refractivity contribution in [3.63, 3.8) is 0 Å². The van der Waals surface area contributed by atoms with Gasteiger partial charge < -0.3 is 19.0 Å². The Balaban J connectivity index is 1.75. The Labute approximate surface area is 157 Å². The first-order chi connectivity index (χ1) is 13.1. The molecule has 3 aromatic rings. The second-order valence-corrected chi connectivity index (χ2v) is 5.98. The summed E-state index contributed by atoms with van der Waals surface area (Å²) in [5.41, 5.74) is 2.28. The molecule has 0 aliphatic carbocycles. The quantitative estimate of drug-likeness (QED) is 0.645. The Hall–Kier alpha value is -3.28. The van der Waals surface area contributed by atoms with Gasteiger partial charge in [0.05, 0.1) is 13.5 Å². The zero-order valence-electron chi connectivity index (χ0n) is 15.3. The number of benzene rings is 2. The molecule has 6 heteroatoms. The smallest absolute Gasteiger partial charge is 0.307 e. The van der Waals surface area contributed by atoms with E-state index in [-0.39, 0.29) is 13.0 Å². The van der Waals surface area contributed by atoms with Gasteiger partial charge in [-0.1, -0.05) is 19.1 Å². The molecule has 0 fully saturated rings. The van der Waals surface area contributed by atoms with Crippen LogP contribution < -0.4 is 9.47 Å². The maximum Gasteiger partial charge on any atom is 0.307 e. The third-order valence-electron chi connectivity index (χ3n) is 4.07. The highest BCUT2D eigenvalue weighted by Crippen LogP contribution is 2.25. The highest BCUT2D eigenvalue weighted by atomic mass is 16.5. The van der Waals surface area contributed by atoms with Gasteiger partial charge >= 0.3 is 5.97 Å². The molecule has 0 aliphatic heterocycles. The van der Waals surface area contributed by atoms with Gasteiger partial charge in [-0.25, -0.2) is 4.98 Å². The van der Waals surface area contributed by atoms with Crippen LogP contribution in [0.4, 0.5) is 0 Å². The van der Waals surface area contributed by atoms with Crippen LogP contribution in [-0.2, 0) is 24.2 Å². The Morgan fingerprint density at radius 1 is 1.15 bits per heavy atom. The van der Waals surface area contributed by atoms with E-state index in [9.17, 15) is 4.79 Å². The number of carbonyl (C=O) groups is 1. The molecule has 0 saturated carbocycles. The van der Waals surface area contributed by atoms with E-state index >= 15 is 0 Å². The summed E-state index contributed by atoms with van der Waals surface area (Å²) in [4.78, 5) is 15.4. The van der Waals surface area contributed by atoms with Crippen molar-refractivity contribution in [2.75, 3.05) is 7.11 Å². The molecular weight excluding hydrogens is 346 g/mol. The van der Waals surface area contributed by atoms with Gasteiger partial charge in [-0.2, -0.15) is 0 Å². The van der Waals surface area contributed by atoms with Gasteiger partial charge in [0.25, 0.3) is 0 Å². The topological polar surface area (TPSA) is 81.8 Å². The molecule has 0 amide bonds. The molecule has 0 radical (unpaired) electrons. The van der Waals surface area contributed by atoms with Crippen molar-refractivity contribution in [1.82, 2.24) is 4.98 Å². The Morgan fingerprint density at radius 2 is 1.93 bits per heavy atom. The summed E-state index contributed by atoms with van der Waals surface area (Å²) < 4.78 is 16.9. The highest BCUT2D eigenvalue weighted by Gasteiger charge is 2.14. The molecule has 140 valence electrons. The van der Waals surface area contributed by atoms with Crippen molar-refractivity contribution >= 4 is 5.97 Å². The van der Waals surface area contributed by atoms with Gasteiger partial charge in [0.15, 0.2) is 0 Å². The first-order valence-corrected chi connectivity index (χ1v) is 8.65. The summed E-state index contributed by atoms with van der Waals surface area (Å²) in [7, 11) is 1.62. The number of carboxylic acid groups (broad SMARTS) is 1. The molecule has 0 aliphatic rings. The first-order valence-electron chi connectivity index (χ1n) is 8.65. The number of oxazole rings is 1. The van der Waals surface area contributed by atoms with Crippen LogP contribution in [-0.4, -0.2) is 23.2 Å². The fourth-order valence-corrected chi connectivity index (χ4v) is 2.70. The van der Waals surface area contributed by atoms with Gasteiger partial charge in [0.2, 0.25) is 5.89 Å². The van der Waals surface area contributed by atoms with Crippen LogP contribution >= 0.6 is 0 Å². The molecule has 1 N–H and O–H groups in total. The Morgan fingerprint density at radius 3 is 2.59 bits per heavy atom. The number of rotatable bonds is 8. The lowest BCUT2D eigenvalue weighted by molar-refractivity contribution is -0.136. The molecule has 3 rings (SSSR count). The van der Waals surface area contributed by atoms with Crippen molar-refractivity contribution in [1.29, 1.82) is 0 Å². The zero-order chi connectivity index (χ0) is 19.2. The van der Waals surface area contributed by atoms with E-state index in [1.54, 1.807) is 31.4 Å². The van der Waals surface area contributed by atoms with Gasteiger partial charge in [0.1, 0.15) is 29.6 Å². The lowest BCUT2D eigenvalue weighted by Gasteiger charge is -2.06. The lowest BCUT2D eigenvalue weighted by Crippen LogP contribution is -2.02. The van der Waals surface area contributed by atoms with Gasteiger partial charge in [-0.15, -0.1) is 0 Å². The lowest BCUT2D eigenvalue weighted by atomic mass is 10.1. The minimum Gasteiger partial charge on any atom is -0.497 e. The molecule has 0 spiro atoms. The number of aliphatic carboxylic acids is 1. The van der Waals surface area contributed by atoms with E-state index < -0.39 is 5.97 Å². The van der Waals surface area contributed by atoms with E-state index in [4.69, 9.17) is 19.0 Å². The normalized spacial score (nSPS) is 10.6. The zero-order valence-corrected chi connectivity index (χ0v) is 15.3. The second kappa shape index (κ2) is 8.40.